The van der Waals surface area contributed by atoms with Crippen molar-refractivity contribution in [1.29, 1.82) is 0 Å². The topological polar surface area (TPSA) is 79.7 Å². The third-order valence-corrected chi connectivity index (χ3v) is 3.91. The fourth-order valence-electron chi connectivity index (χ4n) is 2.57. The molecule has 2 aromatic heterocycles. The van der Waals surface area contributed by atoms with Gasteiger partial charge in [0.25, 0.3) is 5.91 Å². The molecule has 116 valence electrons. The molecule has 1 aliphatic heterocycles. The Labute approximate surface area is 130 Å². The van der Waals surface area contributed by atoms with Gasteiger partial charge >= 0.3 is 0 Å². The molecule has 1 fully saturated rings. The second-order valence-electron chi connectivity index (χ2n) is 5.42. The van der Waals surface area contributed by atoms with Crippen LogP contribution in [0.3, 0.4) is 0 Å². The highest BCUT2D eigenvalue weighted by molar-refractivity contribution is 5.94. The van der Waals surface area contributed by atoms with E-state index in [9.17, 15) is 9.18 Å². The van der Waals surface area contributed by atoms with Crippen LogP contribution in [0.1, 0.15) is 16.5 Å². The molecule has 7 nitrogen and oxygen atoms in total. The van der Waals surface area contributed by atoms with E-state index in [0.29, 0.717) is 24.5 Å². The van der Waals surface area contributed by atoms with Crippen molar-refractivity contribution in [2.75, 3.05) is 13.1 Å². The lowest BCUT2D eigenvalue weighted by Gasteiger charge is -2.38. The molecule has 8 heteroatoms. The van der Waals surface area contributed by atoms with E-state index in [4.69, 9.17) is 0 Å². The number of likely N-dealkylation sites (tertiary alicyclic amines) is 1. The number of nitrogens with zero attached hydrogens (tertiary/aromatic N) is 5. The molecule has 1 aromatic carbocycles. The highest BCUT2D eigenvalue weighted by Gasteiger charge is 2.33. The number of nitrogens with one attached hydrogen (secondary N) is 1. The molecular weight excluding hydrogens is 299 g/mol. The minimum absolute atomic E-state index is 0.109. The zero-order valence-corrected chi connectivity index (χ0v) is 12.1. The normalized spacial score (nSPS) is 14.7. The molecule has 0 unspecified atom stereocenters. The Hall–Kier alpha value is -3.03. The number of hydrogen-bond acceptors (Lipinski definition) is 4. The van der Waals surface area contributed by atoms with Crippen LogP contribution in [0.4, 0.5) is 4.39 Å². The Kier molecular flexibility index (Phi) is 3.14. The van der Waals surface area contributed by atoms with E-state index < -0.39 is 0 Å². The lowest BCUT2D eigenvalue weighted by Crippen LogP contribution is -2.51. The zero-order valence-electron chi connectivity index (χ0n) is 12.1. The number of hydrogen-bond donors (Lipinski definition) is 1. The van der Waals surface area contributed by atoms with Crippen molar-refractivity contribution in [3.05, 3.63) is 54.2 Å². The third kappa shape index (κ3) is 2.48. The summed E-state index contributed by atoms with van der Waals surface area (Å²) in [6, 6.07) is 7.83. The summed E-state index contributed by atoms with van der Waals surface area (Å²) in [5, 5.41) is 14.6. The first kappa shape index (κ1) is 13.6. The minimum atomic E-state index is -0.305. The average Bonchev–Trinajstić information content (AvgIpc) is 3.18. The fourth-order valence-corrected chi connectivity index (χ4v) is 2.57. The predicted molar refractivity (Wildman–Crippen MR) is 78.9 cm³/mol. The van der Waals surface area contributed by atoms with Gasteiger partial charge in [-0.1, -0.05) is 5.21 Å². The minimum Gasteiger partial charge on any atom is -0.333 e. The third-order valence-electron chi connectivity index (χ3n) is 3.91. The second kappa shape index (κ2) is 5.31. The first-order valence-electron chi connectivity index (χ1n) is 7.17. The Morgan fingerprint density at radius 2 is 2.04 bits per heavy atom. The van der Waals surface area contributed by atoms with E-state index in [-0.39, 0.29) is 17.8 Å². The SMILES string of the molecule is O=C(c1cc(-c2ccc(F)cc2)n[nH]1)N1CC(n2ccnn2)C1. The number of H-pyrrole nitrogens is 1. The van der Waals surface area contributed by atoms with Gasteiger partial charge in [-0.05, 0) is 30.3 Å². The number of halogens is 1. The number of carbonyl (C=O) groups excluding carboxylic acids is 1. The van der Waals surface area contributed by atoms with Gasteiger partial charge in [0, 0.05) is 24.8 Å². The lowest BCUT2D eigenvalue weighted by molar-refractivity contribution is 0.0492. The summed E-state index contributed by atoms with van der Waals surface area (Å²) in [5.41, 5.74) is 1.79. The summed E-state index contributed by atoms with van der Waals surface area (Å²) >= 11 is 0. The molecule has 1 saturated heterocycles. The van der Waals surface area contributed by atoms with E-state index in [0.717, 1.165) is 5.56 Å². The van der Waals surface area contributed by atoms with Gasteiger partial charge in [0.15, 0.2) is 0 Å². The van der Waals surface area contributed by atoms with Crippen LogP contribution in [0.15, 0.2) is 42.7 Å². The molecule has 3 aromatic rings. The van der Waals surface area contributed by atoms with Gasteiger partial charge in [0.2, 0.25) is 0 Å². The molecule has 0 bridgehead atoms. The molecule has 0 aliphatic carbocycles. The van der Waals surface area contributed by atoms with Gasteiger partial charge in [-0.25, -0.2) is 9.07 Å². The molecule has 0 spiro atoms. The van der Waals surface area contributed by atoms with Crippen molar-refractivity contribution in [2.24, 2.45) is 0 Å². The van der Waals surface area contributed by atoms with Crippen molar-refractivity contribution in [3.63, 3.8) is 0 Å². The molecule has 1 N–H and O–H groups in total. The van der Waals surface area contributed by atoms with Crippen LogP contribution >= 0.6 is 0 Å². The molecule has 3 heterocycles. The van der Waals surface area contributed by atoms with Gasteiger partial charge in [0.05, 0.1) is 17.9 Å². The summed E-state index contributed by atoms with van der Waals surface area (Å²) < 4.78 is 14.7. The fraction of sp³-hybridized carbons (Fsp3) is 0.200. The van der Waals surface area contributed by atoms with E-state index in [2.05, 4.69) is 20.5 Å². The Balaban J connectivity index is 1.45. The summed E-state index contributed by atoms with van der Waals surface area (Å²) in [5.74, 6) is -0.414. The summed E-state index contributed by atoms with van der Waals surface area (Å²) in [6.07, 6.45) is 3.41. The molecule has 23 heavy (non-hydrogen) atoms. The van der Waals surface area contributed by atoms with E-state index in [1.807, 2.05) is 0 Å². The number of benzene rings is 1. The Bertz CT molecular complexity index is 820. The number of amides is 1. The molecule has 4 rings (SSSR count). The second-order valence-corrected chi connectivity index (χ2v) is 5.42. The molecule has 0 saturated carbocycles. The Morgan fingerprint density at radius 3 is 2.74 bits per heavy atom. The number of aromatic nitrogens is 5. The molecule has 0 atom stereocenters. The molecular formula is C15H13FN6O. The van der Waals surface area contributed by atoms with Gasteiger partial charge in [-0.2, -0.15) is 5.10 Å². The number of carbonyl (C=O) groups is 1. The van der Waals surface area contributed by atoms with Crippen molar-refractivity contribution < 1.29 is 9.18 Å². The lowest BCUT2D eigenvalue weighted by atomic mass is 10.1. The zero-order chi connectivity index (χ0) is 15.8. The van der Waals surface area contributed by atoms with Gasteiger partial charge in [-0.3, -0.25) is 9.89 Å². The van der Waals surface area contributed by atoms with Crippen LogP contribution in [0.5, 0.6) is 0 Å². The first-order valence-corrected chi connectivity index (χ1v) is 7.17. The monoisotopic (exact) mass is 312 g/mol. The Morgan fingerprint density at radius 1 is 1.26 bits per heavy atom. The first-order chi connectivity index (χ1) is 11.2. The maximum Gasteiger partial charge on any atom is 0.272 e. The van der Waals surface area contributed by atoms with Gasteiger partial charge in [0.1, 0.15) is 11.5 Å². The molecule has 1 aliphatic rings. The molecule has 1 amide bonds. The van der Waals surface area contributed by atoms with Crippen LogP contribution in [-0.4, -0.2) is 49.1 Å². The van der Waals surface area contributed by atoms with Gasteiger partial charge in [-0.15, -0.1) is 5.10 Å². The largest absolute Gasteiger partial charge is 0.333 e. The maximum atomic E-state index is 12.9. The standard InChI is InChI=1S/C15H13FN6O/c16-11-3-1-10(2-4-11)13-7-14(19-18-13)15(23)21-8-12(9-21)22-6-5-17-20-22/h1-7,12H,8-9H2,(H,18,19). The highest BCUT2D eigenvalue weighted by atomic mass is 19.1. The highest BCUT2D eigenvalue weighted by Crippen LogP contribution is 2.23. The number of rotatable bonds is 3. The maximum absolute atomic E-state index is 12.9. The summed E-state index contributed by atoms with van der Waals surface area (Å²) in [7, 11) is 0. The van der Waals surface area contributed by atoms with Crippen LogP contribution in [0.25, 0.3) is 11.3 Å². The van der Waals surface area contributed by atoms with Crippen LogP contribution in [0, 0.1) is 5.82 Å². The van der Waals surface area contributed by atoms with Crippen LogP contribution in [-0.2, 0) is 0 Å². The molecule has 0 radical (unpaired) electrons. The summed E-state index contributed by atoms with van der Waals surface area (Å²) in [4.78, 5) is 14.1. The van der Waals surface area contributed by atoms with E-state index in [1.165, 1.54) is 12.1 Å². The smallest absolute Gasteiger partial charge is 0.272 e. The van der Waals surface area contributed by atoms with Crippen LogP contribution in [0.2, 0.25) is 0 Å². The summed E-state index contributed by atoms with van der Waals surface area (Å²) in [6.45, 7) is 1.18. The van der Waals surface area contributed by atoms with E-state index >= 15 is 0 Å². The van der Waals surface area contributed by atoms with Crippen molar-refractivity contribution >= 4 is 5.91 Å². The van der Waals surface area contributed by atoms with Crippen molar-refractivity contribution in [2.45, 2.75) is 6.04 Å². The van der Waals surface area contributed by atoms with Crippen LogP contribution < -0.4 is 0 Å². The predicted octanol–water partition coefficient (Wildman–Crippen LogP) is 1.50. The average molecular weight is 312 g/mol. The van der Waals surface area contributed by atoms with Crippen molar-refractivity contribution in [1.82, 2.24) is 30.1 Å². The van der Waals surface area contributed by atoms with E-state index in [1.54, 1.807) is 40.2 Å². The quantitative estimate of drug-likeness (QED) is 0.795. The van der Waals surface area contributed by atoms with Gasteiger partial charge < -0.3 is 4.90 Å². The number of aromatic amines is 1. The van der Waals surface area contributed by atoms with Crippen molar-refractivity contribution in [3.8, 4) is 11.3 Å².